The predicted octanol–water partition coefficient (Wildman–Crippen LogP) is 11.7. The van der Waals surface area contributed by atoms with Gasteiger partial charge in [0.25, 0.3) is 0 Å². The fraction of sp³-hybridized carbons (Fsp3) is 0.721. The Kier molecular flexibility index (Phi) is 37.7. The number of carbonyl (C=O) groups excluding carboxylic acids is 2. The summed E-state index contributed by atoms with van der Waals surface area (Å²) in [6.45, 7) is 3.62. The number of phosphoric acid groups is 1. The van der Waals surface area contributed by atoms with Crippen molar-refractivity contribution in [2.45, 2.75) is 174 Å². The molecule has 1 unspecified atom stereocenters. The molecule has 0 aromatic heterocycles. The molecule has 2 atom stereocenters. The van der Waals surface area contributed by atoms with Gasteiger partial charge in [-0.05, 0) is 83.5 Å². The van der Waals surface area contributed by atoms with E-state index in [9.17, 15) is 19.0 Å². The van der Waals surface area contributed by atoms with Crippen molar-refractivity contribution in [2.24, 2.45) is 5.73 Å². The number of rotatable bonds is 38. The minimum Gasteiger partial charge on any atom is -0.462 e. The molecular formula is C43H76NO8P. The molecule has 0 aliphatic rings. The van der Waals surface area contributed by atoms with E-state index in [0.29, 0.717) is 12.8 Å². The zero-order chi connectivity index (χ0) is 38.9. The van der Waals surface area contributed by atoms with Gasteiger partial charge >= 0.3 is 19.8 Å². The average molecular weight is 766 g/mol. The van der Waals surface area contributed by atoms with Crippen LogP contribution in [0.15, 0.2) is 60.8 Å². The smallest absolute Gasteiger partial charge is 0.462 e. The normalized spacial score (nSPS) is 14.0. The Labute approximate surface area is 323 Å². The average Bonchev–Trinajstić information content (AvgIpc) is 3.14. The van der Waals surface area contributed by atoms with Crippen molar-refractivity contribution in [1.82, 2.24) is 0 Å². The second kappa shape index (κ2) is 39.4. The third kappa shape index (κ3) is 39.2. The van der Waals surface area contributed by atoms with Crippen LogP contribution in [-0.4, -0.2) is 49.3 Å². The minimum atomic E-state index is -4.39. The number of carbonyl (C=O) groups is 2. The molecule has 0 bridgehead atoms. The van der Waals surface area contributed by atoms with Gasteiger partial charge in [-0.3, -0.25) is 18.6 Å². The summed E-state index contributed by atoms with van der Waals surface area (Å²) < 4.78 is 32.7. The highest BCUT2D eigenvalue weighted by molar-refractivity contribution is 7.47. The standard InChI is InChI=1S/C43H76NO8P/c1-3-5-7-9-11-13-15-17-18-19-20-21-22-24-26-28-30-32-34-36-43(46)52-41(40-51-53(47,48)50-38-37-44)39-49-42(45)35-33-31-29-27-25-23-16-14-12-10-8-6-4-2/h11,13-14,16-18,20-21,24,26,41H,3-10,12,15,19,22-23,25,27-40,44H2,1-2H3,(H,47,48)/b13-11-,16-14-,18-17-,21-20-,26-24-/t41-/m1/s1. The molecule has 0 saturated heterocycles. The topological polar surface area (TPSA) is 134 Å². The van der Waals surface area contributed by atoms with Gasteiger partial charge < -0.3 is 20.1 Å². The van der Waals surface area contributed by atoms with Gasteiger partial charge in [-0.15, -0.1) is 0 Å². The van der Waals surface area contributed by atoms with E-state index in [1.165, 1.54) is 57.8 Å². The Morgan fingerprint density at radius 3 is 1.53 bits per heavy atom. The summed E-state index contributed by atoms with van der Waals surface area (Å²) >= 11 is 0. The summed E-state index contributed by atoms with van der Waals surface area (Å²) in [7, 11) is -4.39. The van der Waals surface area contributed by atoms with Crippen molar-refractivity contribution in [3.63, 3.8) is 0 Å². The number of nitrogens with two attached hydrogens (primary N) is 1. The van der Waals surface area contributed by atoms with Crippen LogP contribution in [0.3, 0.4) is 0 Å². The second-order valence-electron chi connectivity index (χ2n) is 13.5. The molecule has 0 amide bonds. The molecule has 0 radical (unpaired) electrons. The van der Waals surface area contributed by atoms with Gasteiger partial charge in [0.15, 0.2) is 6.10 Å². The second-order valence-corrected chi connectivity index (χ2v) is 14.9. The van der Waals surface area contributed by atoms with E-state index in [1.54, 1.807) is 0 Å². The Balaban J connectivity index is 4.27. The lowest BCUT2D eigenvalue weighted by molar-refractivity contribution is -0.161. The van der Waals surface area contributed by atoms with E-state index in [1.807, 2.05) is 0 Å². The van der Waals surface area contributed by atoms with Crippen LogP contribution in [0.5, 0.6) is 0 Å². The number of allylic oxidation sites excluding steroid dienone is 10. The molecule has 10 heteroatoms. The third-order valence-electron chi connectivity index (χ3n) is 8.38. The van der Waals surface area contributed by atoms with Crippen molar-refractivity contribution in [3.8, 4) is 0 Å². The number of esters is 2. The quantitative estimate of drug-likeness (QED) is 0.0272. The van der Waals surface area contributed by atoms with Crippen LogP contribution in [-0.2, 0) is 32.7 Å². The molecule has 306 valence electrons. The van der Waals surface area contributed by atoms with Crippen molar-refractivity contribution < 1.29 is 37.6 Å². The van der Waals surface area contributed by atoms with E-state index in [2.05, 4.69) is 74.6 Å². The zero-order valence-electron chi connectivity index (χ0n) is 33.5. The minimum absolute atomic E-state index is 0.0442. The lowest BCUT2D eigenvalue weighted by Gasteiger charge is -2.19. The maximum atomic E-state index is 12.6. The maximum absolute atomic E-state index is 12.6. The number of hydrogen-bond acceptors (Lipinski definition) is 8. The molecule has 53 heavy (non-hydrogen) atoms. The van der Waals surface area contributed by atoms with Crippen LogP contribution in [0.4, 0.5) is 0 Å². The van der Waals surface area contributed by atoms with Gasteiger partial charge in [0, 0.05) is 19.4 Å². The lowest BCUT2D eigenvalue weighted by Crippen LogP contribution is -2.29. The van der Waals surface area contributed by atoms with Gasteiger partial charge in [0.2, 0.25) is 0 Å². The van der Waals surface area contributed by atoms with E-state index in [4.69, 9.17) is 24.3 Å². The monoisotopic (exact) mass is 766 g/mol. The van der Waals surface area contributed by atoms with Crippen LogP contribution in [0.25, 0.3) is 0 Å². The summed E-state index contributed by atoms with van der Waals surface area (Å²) in [5.74, 6) is -0.880. The first kappa shape index (κ1) is 50.7. The Hall–Kier alpha value is -2.29. The van der Waals surface area contributed by atoms with Crippen molar-refractivity contribution >= 4 is 19.8 Å². The van der Waals surface area contributed by atoms with Gasteiger partial charge in [-0.2, -0.15) is 0 Å². The molecule has 9 nitrogen and oxygen atoms in total. The van der Waals surface area contributed by atoms with E-state index < -0.39 is 32.5 Å². The van der Waals surface area contributed by atoms with Gasteiger partial charge in [-0.25, -0.2) is 4.57 Å². The molecule has 0 rings (SSSR count). The highest BCUT2D eigenvalue weighted by atomic mass is 31.2. The zero-order valence-corrected chi connectivity index (χ0v) is 34.4. The highest BCUT2D eigenvalue weighted by Gasteiger charge is 2.25. The third-order valence-corrected chi connectivity index (χ3v) is 9.36. The van der Waals surface area contributed by atoms with Crippen LogP contribution >= 0.6 is 7.82 Å². The SMILES string of the molecule is CCCCC/C=C\C/C=C\C/C=C\C/C=C\CCCCCC(=O)O[C@H](COC(=O)CCCCCCC/C=C\CCCCCC)COP(=O)(O)OCCN. The molecule has 3 N–H and O–H groups in total. The number of unbranched alkanes of at least 4 members (excludes halogenated alkanes) is 15. The molecule has 0 aromatic rings. The molecule has 0 aliphatic heterocycles. The number of ether oxygens (including phenoxy) is 2. The summed E-state index contributed by atoms with van der Waals surface area (Å²) in [5.41, 5.74) is 5.34. The fourth-order valence-electron chi connectivity index (χ4n) is 5.26. The summed E-state index contributed by atoms with van der Waals surface area (Å²) in [6, 6.07) is 0. The van der Waals surface area contributed by atoms with Gasteiger partial charge in [-0.1, -0.05) is 132 Å². The number of hydrogen-bond donors (Lipinski definition) is 2. The number of phosphoric ester groups is 1. The lowest BCUT2D eigenvalue weighted by atomic mass is 10.1. The molecule has 0 aromatic carbocycles. The summed E-state index contributed by atoms with van der Waals surface area (Å²) in [6.07, 6.45) is 45.3. The van der Waals surface area contributed by atoms with Gasteiger partial charge in [0.05, 0.1) is 13.2 Å². The Bertz CT molecular complexity index is 1050. The van der Waals surface area contributed by atoms with Crippen LogP contribution in [0.2, 0.25) is 0 Å². The van der Waals surface area contributed by atoms with Crippen molar-refractivity contribution in [1.29, 1.82) is 0 Å². The van der Waals surface area contributed by atoms with E-state index in [0.717, 1.165) is 70.6 Å². The van der Waals surface area contributed by atoms with Crippen LogP contribution in [0, 0.1) is 0 Å². The van der Waals surface area contributed by atoms with Crippen LogP contribution < -0.4 is 5.73 Å². The molecule has 0 fully saturated rings. The van der Waals surface area contributed by atoms with Crippen molar-refractivity contribution in [2.75, 3.05) is 26.4 Å². The predicted molar refractivity (Wildman–Crippen MR) is 219 cm³/mol. The van der Waals surface area contributed by atoms with E-state index >= 15 is 0 Å². The molecule has 0 heterocycles. The molecule has 0 saturated carbocycles. The molecule has 0 spiro atoms. The van der Waals surface area contributed by atoms with Crippen LogP contribution in [0.1, 0.15) is 168 Å². The first-order valence-corrected chi connectivity index (χ1v) is 22.3. The Morgan fingerprint density at radius 1 is 0.566 bits per heavy atom. The van der Waals surface area contributed by atoms with E-state index in [-0.39, 0.29) is 32.6 Å². The first-order chi connectivity index (χ1) is 25.8. The summed E-state index contributed by atoms with van der Waals surface area (Å²) in [5, 5.41) is 0. The summed E-state index contributed by atoms with van der Waals surface area (Å²) in [4.78, 5) is 34.8. The molecular weight excluding hydrogens is 689 g/mol. The largest absolute Gasteiger partial charge is 0.472 e. The van der Waals surface area contributed by atoms with Crippen molar-refractivity contribution in [3.05, 3.63) is 60.8 Å². The first-order valence-electron chi connectivity index (χ1n) is 20.8. The highest BCUT2D eigenvalue weighted by Crippen LogP contribution is 2.43. The molecule has 0 aliphatic carbocycles. The Morgan fingerprint density at radius 2 is 0.981 bits per heavy atom. The fourth-order valence-corrected chi connectivity index (χ4v) is 6.02. The van der Waals surface area contributed by atoms with Gasteiger partial charge in [0.1, 0.15) is 6.61 Å². The maximum Gasteiger partial charge on any atom is 0.472 e.